The van der Waals surface area contributed by atoms with E-state index in [4.69, 9.17) is 4.74 Å². The molecule has 13 heteroatoms. The van der Waals surface area contributed by atoms with Crippen molar-refractivity contribution in [2.45, 2.75) is 37.8 Å². The number of piperidine rings is 1. The van der Waals surface area contributed by atoms with Gasteiger partial charge < -0.3 is 20.1 Å². The lowest BCUT2D eigenvalue weighted by Crippen LogP contribution is -2.56. The SMILES string of the molecule is COC(=O)C1=C(C)NC(=O)N(N(C=O)CCCN2CCC(O)(c3ccc(F)cc3)CC2)C1c1ccc(F)c(F)c1.Cl. The molecule has 9 nitrogen and oxygen atoms in total. The van der Waals surface area contributed by atoms with E-state index in [9.17, 15) is 32.7 Å². The number of carbonyl (C=O) groups is 3. The summed E-state index contributed by atoms with van der Waals surface area (Å²) in [5.74, 6) is -3.45. The Morgan fingerprint density at radius 1 is 1.15 bits per heavy atom. The van der Waals surface area contributed by atoms with Gasteiger partial charge in [0.15, 0.2) is 11.6 Å². The van der Waals surface area contributed by atoms with Crippen molar-refractivity contribution in [3.63, 3.8) is 0 Å². The number of allylic oxidation sites excluding steroid dienone is 1. The summed E-state index contributed by atoms with van der Waals surface area (Å²) in [7, 11) is 1.15. The third-order valence-corrected chi connectivity index (χ3v) is 7.41. The van der Waals surface area contributed by atoms with Crippen LogP contribution in [0.5, 0.6) is 0 Å². The molecule has 2 aromatic rings. The number of halogens is 4. The van der Waals surface area contributed by atoms with Crippen molar-refractivity contribution in [1.29, 1.82) is 0 Å². The smallest absolute Gasteiger partial charge is 0.341 e. The molecule has 1 atom stereocenters. The van der Waals surface area contributed by atoms with E-state index < -0.39 is 35.3 Å². The van der Waals surface area contributed by atoms with Crippen molar-refractivity contribution in [2.24, 2.45) is 0 Å². The largest absolute Gasteiger partial charge is 0.466 e. The van der Waals surface area contributed by atoms with E-state index >= 15 is 0 Å². The number of methoxy groups -OCH3 is 1. The topological polar surface area (TPSA) is 102 Å². The number of hydrogen-bond donors (Lipinski definition) is 2. The first-order chi connectivity index (χ1) is 19.1. The van der Waals surface area contributed by atoms with Gasteiger partial charge in [0.1, 0.15) is 11.9 Å². The molecule has 0 aliphatic carbocycles. The number of hydrogen-bond acceptors (Lipinski definition) is 6. The molecule has 2 aliphatic heterocycles. The van der Waals surface area contributed by atoms with Crippen molar-refractivity contribution in [1.82, 2.24) is 20.2 Å². The molecule has 0 bridgehead atoms. The number of rotatable bonds is 9. The Kier molecular flexibility index (Phi) is 10.4. The quantitative estimate of drug-likeness (QED) is 0.337. The fourth-order valence-electron chi connectivity index (χ4n) is 5.22. The number of aliphatic hydroxyl groups is 1. The molecule has 2 N–H and O–H groups in total. The summed E-state index contributed by atoms with van der Waals surface area (Å²) in [6.45, 7) is 3.20. The second-order valence-corrected chi connectivity index (χ2v) is 9.88. The number of benzene rings is 2. The molecular weight excluding hydrogens is 565 g/mol. The first-order valence-corrected chi connectivity index (χ1v) is 12.8. The predicted octanol–water partition coefficient (Wildman–Crippen LogP) is 3.79. The van der Waals surface area contributed by atoms with Crippen molar-refractivity contribution in [3.05, 3.63) is 82.3 Å². The minimum Gasteiger partial charge on any atom is -0.466 e. The van der Waals surface area contributed by atoms with E-state index in [0.29, 0.717) is 50.9 Å². The molecule has 1 fully saturated rings. The Balaban J connectivity index is 0.00000462. The van der Waals surface area contributed by atoms with E-state index in [1.165, 1.54) is 25.1 Å². The number of esters is 1. The summed E-state index contributed by atoms with van der Waals surface area (Å²) in [6.07, 6.45) is 1.74. The van der Waals surface area contributed by atoms with Crippen LogP contribution in [-0.4, -0.2) is 71.7 Å². The predicted molar refractivity (Wildman–Crippen MR) is 145 cm³/mol. The molecule has 0 spiro atoms. The average molecular weight is 597 g/mol. The highest BCUT2D eigenvalue weighted by molar-refractivity contribution is 5.95. The Morgan fingerprint density at radius 3 is 2.39 bits per heavy atom. The second-order valence-electron chi connectivity index (χ2n) is 9.88. The highest BCUT2D eigenvalue weighted by atomic mass is 35.5. The summed E-state index contributed by atoms with van der Waals surface area (Å²) in [4.78, 5) is 40.1. The van der Waals surface area contributed by atoms with E-state index in [2.05, 4.69) is 10.2 Å². The Morgan fingerprint density at radius 2 is 1.80 bits per heavy atom. The van der Waals surface area contributed by atoms with Crippen LogP contribution in [0.3, 0.4) is 0 Å². The van der Waals surface area contributed by atoms with Crippen LogP contribution in [0.25, 0.3) is 0 Å². The highest BCUT2D eigenvalue weighted by Crippen LogP contribution is 2.36. The van der Waals surface area contributed by atoms with Crippen molar-refractivity contribution in [3.8, 4) is 0 Å². The summed E-state index contributed by atoms with van der Waals surface area (Å²) in [5.41, 5.74) is -0.190. The van der Waals surface area contributed by atoms with E-state index in [-0.39, 0.29) is 41.6 Å². The standard InChI is InChI=1S/C28H31F3N4O5.ClH/c1-18-24(26(37)40-2)25(19-4-9-22(30)23(31)16-19)35(27(38)32-18)34(17-36)13-3-12-33-14-10-28(39,11-15-33)20-5-7-21(29)8-6-20;/h4-9,16-17,25,39H,3,10-15H2,1-2H3,(H,32,38);1H. The molecule has 2 aromatic carbocycles. The van der Waals surface area contributed by atoms with Gasteiger partial charge in [-0.15, -0.1) is 12.4 Å². The zero-order valence-corrected chi connectivity index (χ0v) is 23.4. The minimum atomic E-state index is -1.25. The summed E-state index contributed by atoms with van der Waals surface area (Å²) in [5, 5.41) is 15.7. The van der Waals surface area contributed by atoms with Gasteiger partial charge in [-0.2, -0.15) is 0 Å². The van der Waals surface area contributed by atoms with Gasteiger partial charge in [0, 0.05) is 25.3 Å². The maximum Gasteiger partial charge on any atom is 0.341 e. The fourth-order valence-corrected chi connectivity index (χ4v) is 5.22. The number of amides is 3. The lowest BCUT2D eigenvalue weighted by atomic mass is 9.84. The van der Waals surface area contributed by atoms with Crippen LogP contribution in [0.4, 0.5) is 18.0 Å². The summed E-state index contributed by atoms with van der Waals surface area (Å²) >= 11 is 0. The van der Waals surface area contributed by atoms with Gasteiger partial charge in [0.05, 0.1) is 18.3 Å². The second kappa shape index (κ2) is 13.4. The maximum atomic E-state index is 14.2. The number of urea groups is 1. The molecule has 0 aromatic heterocycles. The molecular formula is C28H32ClF3N4O5. The van der Waals surface area contributed by atoms with Crippen LogP contribution >= 0.6 is 12.4 Å². The van der Waals surface area contributed by atoms with Crippen LogP contribution < -0.4 is 5.32 Å². The van der Waals surface area contributed by atoms with Gasteiger partial charge in [-0.25, -0.2) is 27.8 Å². The Hall–Kier alpha value is -3.61. The highest BCUT2D eigenvalue weighted by Gasteiger charge is 2.42. The number of likely N-dealkylation sites (tertiary alicyclic amines) is 1. The van der Waals surface area contributed by atoms with Crippen LogP contribution in [0, 0.1) is 17.5 Å². The van der Waals surface area contributed by atoms with E-state index in [1.54, 1.807) is 12.1 Å². The zero-order valence-electron chi connectivity index (χ0n) is 22.6. The third kappa shape index (κ3) is 6.83. The van der Waals surface area contributed by atoms with Crippen molar-refractivity contribution < 1.29 is 37.4 Å². The molecule has 3 amide bonds. The Labute approximate surface area is 241 Å². The number of hydrazine groups is 1. The fraction of sp³-hybridized carbons (Fsp3) is 0.393. The zero-order chi connectivity index (χ0) is 29.0. The van der Waals surface area contributed by atoms with Gasteiger partial charge in [-0.3, -0.25) is 9.80 Å². The molecule has 41 heavy (non-hydrogen) atoms. The third-order valence-electron chi connectivity index (χ3n) is 7.41. The van der Waals surface area contributed by atoms with Crippen molar-refractivity contribution >= 4 is 30.8 Å². The van der Waals surface area contributed by atoms with Gasteiger partial charge in [0.25, 0.3) is 0 Å². The molecule has 1 unspecified atom stereocenters. The molecule has 4 rings (SSSR count). The lowest BCUT2D eigenvalue weighted by molar-refractivity contribution is -0.141. The van der Waals surface area contributed by atoms with Gasteiger partial charge in [0.2, 0.25) is 6.41 Å². The lowest BCUT2D eigenvalue weighted by Gasteiger charge is -2.42. The minimum absolute atomic E-state index is 0. The van der Waals surface area contributed by atoms with E-state index in [0.717, 1.165) is 29.3 Å². The molecule has 2 aliphatic rings. The van der Waals surface area contributed by atoms with Gasteiger partial charge in [-0.05, 0) is 68.1 Å². The van der Waals surface area contributed by atoms with Gasteiger partial charge in [-0.1, -0.05) is 18.2 Å². The van der Waals surface area contributed by atoms with Gasteiger partial charge >= 0.3 is 12.0 Å². The summed E-state index contributed by atoms with van der Waals surface area (Å²) in [6, 6.07) is 6.83. The number of ether oxygens (including phenoxy) is 1. The molecule has 222 valence electrons. The maximum absolute atomic E-state index is 14.2. The molecule has 0 saturated carbocycles. The first kappa shape index (κ1) is 31.9. The van der Waals surface area contributed by atoms with E-state index in [1.807, 2.05) is 0 Å². The van der Waals surface area contributed by atoms with Crippen LogP contribution in [-0.2, 0) is 19.9 Å². The number of nitrogens with zero attached hydrogens (tertiary/aromatic N) is 3. The van der Waals surface area contributed by atoms with Crippen LogP contribution in [0.15, 0.2) is 53.7 Å². The Bertz CT molecular complexity index is 1300. The first-order valence-electron chi connectivity index (χ1n) is 12.8. The molecule has 0 radical (unpaired) electrons. The normalized spacial score (nSPS) is 18.8. The molecule has 2 heterocycles. The average Bonchev–Trinajstić information content (AvgIpc) is 2.94. The number of nitrogens with one attached hydrogen (secondary N) is 1. The molecule has 1 saturated heterocycles. The number of carbonyl (C=O) groups excluding carboxylic acids is 3. The van der Waals surface area contributed by atoms with Crippen LogP contribution in [0.2, 0.25) is 0 Å². The van der Waals surface area contributed by atoms with Crippen molar-refractivity contribution in [2.75, 3.05) is 33.3 Å². The summed E-state index contributed by atoms with van der Waals surface area (Å²) < 4.78 is 46.0. The van der Waals surface area contributed by atoms with Crippen LogP contribution in [0.1, 0.15) is 43.4 Å². The monoisotopic (exact) mass is 596 g/mol.